The van der Waals surface area contributed by atoms with Crippen LogP contribution < -0.4 is 14.9 Å². The Kier molecular flexibility index (Phi) is 6.87. The van der Waals surface area contributed by atoms with Crippen molar-refractivity contribution < 1.29 is 14.4 Å². The maximum atomic E-state index is 13.4. The third kappa shape index (κ3) is 5.76. The molecule has 204 valence electrons. The summed E-state index contributed by atoms with van der Waals surface area (Å²) in [6, 6.07) is 22.5. The summed E-state index contributed by atoms with van der Waals surface area (Å²) < 4.78 is 7.99. The monoisotopic (exact) mass is 545 g/mol. The smallest absolute Gasteiger partial charge is 0.255 e. The molecular formula is C31H27N7O3. The number of carbonyl (C=O) groups excluding carboxylic acids is 1. The van der Waals surface area contributed by atoms with Crippen LogP contribution in [0, 0.1) is 20.8 Å². The summed E-state index contributed by atoms with van der Waals surface area (Å²) in [7, 11) is 0. The molecule has 0 spiro atoms. The number of aryl methyl sites for hydroxylation is 3. The molecule has 3 aromatic heterocycles. The zero-order valence-electron chi connectivity index (χ0n) is 22.8. The van der Waals surface area contributed by atoms with Crippen molar-refractivity contribution in [2.45, 2.75) is 27.4 Å². The van der Waals surface area contributed by atoms with Crippen LogP contribution in [-0.4, -0.2) is 35.6 Å². The number of ether oxygens (including phenoxy) is 1. The average molecular weight is 546 g/mol. The Morgan fingerprint density at radius 2 is 1.85 bits per heavy atom. The Morgan fingerprint density at radius 1 is 0.951 bits per heavy atom. The van der Waals surface area contributed by atoms with Crippen molar-refractivity contribution in [3.05, 3.63) is 119 Å². The number of hydrogen-bond acceptors (Lipinski definition) is 7. The first-order chi connectivity index (χ1) is 19.9. The van der Waals surface area contributed by atoms with Crippen molar-refractivity contribution in [1.82, 2.24) is 29.7 Å². The molecule has 10 nitrogen and oxygen atoms in total. The van der Waals surface area contributed by atoms with E-state index >= 15 is 0 Å². The van der Waals surface area contributed by atoms with E-state index < -0.39 is 0 Å². The lowest BCUT2D eigenvalue weighted by atomic mass is 10.1. The highest BCUT2D eigenvalue weighted by Gasteiger charge is 2.13. The molecule has 1 N–H and O–H groups in total. The first-order valence-corrected chi connectivity index (χ1v) is 13.0. The van der Waals surface area contributed by atoms with Crippen LogP contribution in [0.25, 0.3) is 16.9 Å². The number of pyridine rings is 1. The van der Waals surface area contributed by atoms with Crippen LogP contribution in [0.3, 0.4) is 0 Å². The SMILES string of the molecule is Cc1cccc(Oc2cc(C(=O)Nc3cc(COn4nnc5ncccc54)cc(-n4cnc(C)c4)c3)ccc2C)c1. The Morgan fingerprint density at radius 3 is 2.68 bits per heavy atom. The Balaban J connectivity index is 1.26. The second kappa shape index (κ2) is 10.9. The summed E-state index contributed by atoms with van der Waals surface area (Å²) in [6.07, 6.45) is 5.29. The molecule has 0 unspecified atom stereocenters. The Hall–Kier alpha value is -5.51. The van der Waals surface area contributed by atoms with Gasteiger partial charge in [-0.1, -0.05) is 23.0 Å². The van der Waals surface area contributed by atoms with Gasteiger partial charge in [0, 0.05) is 29.3 Å². The molecular weight excluding hydrogens is 518 g/mol. The predicted octanol–water partition coefficient (Wildman–Crippen LogP) is 5.61. The summed E-state index contributed by atoms with van der Waals surface area (Å²) in [5, 5.41) is 11.1. The third-order valence-corrected chi connectivity index (χ3v) is 6.46. The van der Waals surface area contributed by atoms with Gasteiger partial charge >= 0.3 is 0 Å². The number of carbonyl (C=O) groups is 1. The number of hydrogen-bond donors (Lipinski definition) is 1. The van der Waals surface area contributed by atoms with Crippen molar-refractivity contribution in [3.63, 3.8) is 0 Å². The van der Waals surface area contributed by atoms with Crippen molar-refractivity contribution in [2.75, 3.05) is 5.32 Å². The Labute approximate surface area is 236 Å². The van der Waals surface area contributed by atoms with Gasteiger partial charge in [0.25, 0.3) is 5.91 Å². The summed E-state index contributed by atoms with van der Waals surface area (Å²) in [6.45, 7) is 6.05. The highest BCUT2D eigenvalue weighted by Crippen LogP contribution is 2.27. The van der Waals surface area contributed by atoms with E-state index in [1.165, 1.54) is 4.85 Å². The quantitative estimate of drug-likeness (QED) is 0.265. The van der Waals surface area contributed by atoms with E-state index in [2.05, 4.69) is 25.6 Å². The van der Waals surface area contributed by atoms with Gasteiger partial charge in [0.15, 0.2) is 0 Å². The van der Waals surface area contributed by atoms with Gasteiger partial charge in [-0.3, -0.25) is 4.79 Å². The fourth-order valence-electron chi connectivity index (χ4n) is 4.38. The van der Waals surface area contributed by atoms with E-state index in [-0.39, 0.29) is 12.5 Å². The first-order valence-electron chi connectivity index (χ1n) is 13.0. The van der Waals surface area contributed by atoms with Gasteiger partial charge < -0.3 is 19.5 Å². The lowest BCUT2D eigenvalue weighted by Crippen LogP contribution is -2.15. The van der Waals surface area contributed by atoms with E-state index in [1.54, 1.807) is 30.7 Å². The number of fused-ring (bicyclic) bond motifs is 1. The molecule has 0 saturated heterocycles. The number of rotatable bonds is 8. The minimum absolute atomic E-state index is 0.177. The third-order valence-electron chi connectivity index (χ3n) is 6.46. The molecule has 41 heavy (non-hydrogen) atoms. The highest BCUT2D eigenvalue weighted by atomic mass is 16.7. The lowest BCUT2D eigenvalue weighted by Gasteiger charge is -2.14. The maximum absolute atomic E-state index is 13.4. The Bertz CT molecular complexity index is 1880. The molecule has 6 aromatic rings. The van der Waals surface area contributed by atoms with Crippen LogP contribution in [0.5, 0.6) is 11.5 Å². The normalized spacial score (nSPS) is 11.0. The summed E-state index contributed by atoms with van der Waals surface area (Å²) in [4.78, 5) is 29.2. The molecule has 0 radical (unpaired) electrons. The predicted molar refractivity (Wildman–Crippen MR) is 154 cm³/mol. The zero-order valence-corrected chi connectivity index (χ0v) is 22.8. The molecule has 3 heterocycles. The van der Waals surface area contributed by atoms with E-state index in [9.17, 15) is 4.79 Å². The van der Waals surface area contributed by atoms with Crippen LogP contribution in [0.15, 0.2) is 91.5 Å². The molecule has 0 bridgehead atoms. The largest absolute Gasteiger partial charge is 0.457 e. The molecule has 6 rings (SSSR count). The van der Waals surface area contributed by atoms with Crippen molar-refractivity contribution in [1.29, 1.82) is 0 Å². The summed E-state index contributed by atoms with van der Waals surface area (Å²) in [5.74, 6) is 1.07. The van der Waals surface area contributed by atoms with Gasteiger partial charge in [0.1, 0.15) is 23.6 Å². The standard InChI is InChI=1S/C31H27N7O3/c1-20-6-4-7-27(12-20)41-29-15-24(10-9-21(29)2)31(39)34-25-13-23(14-26(16-25)37-17-22(3)33-19-37)18-40-38-28-8-5-11-32-30(28)35-36-38/h4-17,19H,18H2,1-3H3,(H,34,39). The lowest BCUT2D eigenvalue weighted by molar-refractivity contribution is 0.0752. The van der Waals surface area contributed by atoms with Gasteiger partial charge in [0.2, 0.25) is 5.65 Å². The van der Waals surface area contributed by atoms with Crippen molar-refractivity contribution >= 4 is 22.8 Å². The molecule has 3 aromatic carbocycles. The van der Waals surface area contributed by atoms with Crippen molar-refractivity contribution in [3.8, 4) is 17.2 Å². The molecule has 0 aliphatic rings. The van der Waals surface area contributed by atoms with E-state index in [1.807, 2.05) is 86.1 Å². The van der Waals surface area contributed by atoms with Crippen LogP contribution in [0.1, 0.15) is 32.7 Å². The molecule has 1 amide bonds. The van der Waals surface area contributed by atoms with Crippen LogP contribution in [0.2, 0.25) is 0 Å². The minimum Gasteiger partial charge on any atom is -0.457 e. The topological polar surface area (TPSA) is 109 Å². The second-order valence-corrected chi connectivity index (χ2v) is 9.75. The maximum Gasteiger partial charge on any atom is 0.255 e. The highest BCUT2D eigenvalue weighted by molar-refractivity contribution is 6.04. The number of nitrogens with zero attached hydrogens (tertiary/aromatic N) is 6. The van der Waals surface area contributed by atoms with Gasteiger partial charge in [-0.05, 0) is 97.3 Å². The summed E-state index contributed by atoms with van der Waals surface area (Å²) >= 11 is 0. The molecule has 0 atom stereocenters. The fourth-order valence-corrected chi connectivity index (χ4v) is 4.38. The van der Waals surface area contributed by atoms with E-state index in [0.717, 1.165) is 33.8 Å². The molecule has 0 aliphatic heterocycles. The minimum atomic E-state index is -0.265. The number of nitrogens with one attached hydrogen (secondary N) is 1. The zero-order chi connectivity index (χ0) is 28.3. The van der Waals surface area contributed by atoms with Gasteiger partial charge in [-0.2, -0.15) is 0 Å². The second-order valence-electron chi connectivity index (χ2n) is 9.75. The van der Waals surface area contributed by atoms with Crippen molar-refractivity contribution in [2.24, 2.45) is 0 Å². The molecule has 0 aliphatic carbocycles. The van der Waals surface area contributed by atoms with Gasteiger partial charge in [0.05, 0.1) is 12.0 Å². The van der Waals surface area contributed by atoms with E-state index in [0.29, 0.717) is 28.2 Å². The first kappa shape index (κ1) is 25.8. The number of imidazole rings is 1. The van der Waals surface area contributed by atoms with Gasteiger partial charge in [-0.25, -0.2) is 9.97 Å². The molecule has 0 fully saturated rings. The average Bonchev–Trinajstić information content (AvgIpc) is 3.59. The van der Waals surface area contributed by atoms with Crippen LogP contribution in [-0.2, 0) is 6.61 Å². The number of benzene rings is 3. The van der Waals surface area contributed by atoms with Crippen LogP contribution in [0.4, 0.5) is 5.69 Å². The number of aromatic nitrogens is 6. The van der Waals surface area contributed by atoms with E-state index in [4.69, 9.17) is 9.57 Å². The fraction of sp³-hybridized carbons (Fsp3) is 0.129. The summed E-state index contributed by atoms with van der Waals surface area (Å²) in [5.41, 5.74) is 6.75. The van der Waals surface area contributed by atoms with Gasteiger partial charge in [-0.15, -0.1) is 5.10 Å². The molecule has 10 heteroatoms. The number of anilines is 1. The molecule has 0 saturated carbocycles. The van der Waals surface area contributed by atoms with Crippen LogP contribution >= 0.6 is 0 Å². The number of amides is 1.